The van der Waals surface area contributed by atoms with Crippen LogP contribution in [0, 0.1) is 0 Å². The van der Waals surface area contributed by atoms with Crippen LogP contribution in [0.3, 0.4) is 0 Å². The Balaban J connectivity index is 1.70. The molecule has 2 aromatic carbocycles. The van der Waals surface area contributed by atoms with Gasteiger partial charge in [-0.15, -0.1) is 0 Å². The second-order valence-corrected chi connectivity index (χ2v) is 6.03. The lowest BCUT2D eigenvalue weighted by Crippen LogP contribution is -2.43. The summed E-state index contributed by atoms with van der Waals surface area (Å²) < 4.78 is 10.5. The van der Waals surface area contributed by atoms with E-state index in [1.807, 2.05) is 44.2 Å². The van der Waals surface area contributed by atoms with Crippen LogP contribution in [0.2, 0.25) is 0 Å². The van der Waals surface area contributed by atoms with Crippen molar-refractivity contribution in [3.8, 4) is 11.5 Å². The zero-order valence-electron chi connectivity index (χ0n) is 14.2. The molecule has 0 aromatic heterocycles. The third kappa shape index (κ3) is 3.91. The first-order chi connectivity index (χ1) is 12.0. The molecule has 6 nitrogen and oxygen atoms in total. The number of benzene rings is 2. The van der Waals surface area contributed by atoms with Gasteiger partial charge in [-0.3, -0.25) is 9.59 Å². The van der Waals surface area contributed by atoms with Crippen LogP contribution in [0.25, 0.3) is 0 Å². The highest BCUT2D eigenvalue weighted by atomic mass is 16.7. The van der Waals surface area contributed by atoms with Crippen molar-refractivity contribution in [3.63, 3.8) is 0 Å². The molecule has 1 aliphatic rings. The van der Waals surface area contributed by atoms with Crippen molar-refractivity contribution < 1.29 is 19.1 Å². The number of rotatable bonds is 4. The highest BCUT2D eigenvalue weighted by molar-refractivity contribution is 6.39. The molecule has 2 amide bonds. The maximum Gasteiger partial charge on any atom is 0.313 e. The Morgan fingerprint density at radius 3 is 2.52 bits per heavy atom. The summed E-state index contributed by atoms with van der Waals surface area (Å²) in [5.74, 6) is -0.0764. The van der Waals surface area contributed by atoms with Gasteiger partial charge in [0.05, 0.1) is 0 Å². The van der Waals surface area contributed by atoms with Crippen LogP contribution in [0.1, 0.15) is 19.4 Å². The average Bonchev–Trinajstić information content (AvgIpc) is 3.07. The first kappa shape index (κ1) is 16.8. The van der Waals surface area contributed by atoms with Crippen molar-refractivity contribution in [2.24, 2.45) is 0 Å². The van der Waals surface area contributed by atoms with E-state index >= 15 is 0 Å². The minimum absolute atomic E-state index is 0.102. The third-order valence-electron chi connectivity index (χ3n) is 3.90. The standard InChI is InChI=1S/C19H20N2O4/c1-13(2)21(11-14-6-4-3-5-7-14)19(23)18(22)20-15-8-9-16-17(10-15)25-12-24-16/h3-10,13H,11-12H2,1-2H3,(H,20,22). The first-order valence-electron chi connectivity index (χ1n) is 8.10. The molecule has 2 aromatic rings. The maximum absolute atomic E-state index is 12.6. The largest absolute Gasteiger partial charge is 0.454 e. The summed E-state index contributed by atoms with van der Waals surface area (Å²) in [6, 6.07) is 14.5. The summed E-state index contributed by atoms with van der Waals surface area (Å²) >= 11 is 0. The minimum atomic E-state index is -0.677. The average molecular weight is 340 g/mol. The molecule has 0 atom stereocenters. The van der Waals surface area contributed by atoms with Gasteiger partial charge in [-0.2, -0.15) is 0 Å². The van der Waals surface area contributed by atoms with Crippen molar-refractivity contribution in [1.82, 2.24) is 4.90 Å². The lowest BCUT2D eigenvalue weighted by atomic mass is 10.2. The van der Waals surface area contributed by atoms with E-state index in [0.29, 0.717) is 23.7 Å². The zero-order valence-corrected chi connectivity index (χ0v) is 14.2. The molecule has 0 saturated heterocycles. The number of ether oxygens (including phenoxy) is 2. The third-order valence-corrected chi connectivity index (χ3v) is 3.90. The summed E-state index contributed by atoms with van der Waals surface area (Å²) in [5.41, 5.74) is 1.46. The molecule has 0 aliphatic carbocycles. The molecule has 130 valence electrons. The molecule has 0 radical (unpaired) electrons. The lowest BCUT2D eigenvalue weighted by molar-refractivity contribution is -0.144. The summed E-state index contributed by atoms with van der Waals surface area (Å²) in [5, 5.41) is 2.63. The van der Waals surface area contributed by atoms with Crippen LogP contribution < -0.4 is 14.8 Å². The van der Waals surface area contributed by atoms with Crippen LogP contribution >= 0.6 is 0 Å². The van der Waals surface area contributed by atoms with Crippen molar-refractivity contribution in [2.75, 3.05) is 12.1 Å². The second kappa shape index (κ2) is 7.25. The summed E-state index contributed by atoms with van der Waals surface area (Å²) in [7, 11) is 0. The predicted molar refractivity (Wildman–Crippen MR) is 93.3 cm³/mol. The van der Waals surface area contributed by atoms with Crippen molar-refractivity contribution >= 4 is 17.5 Å². The van der Waals surface area contributed by atoms with E-state index in [9.17, 15) is 9.59 Å². The van der Waals surface area contributed by atoms with Crippen LogP contribution in [0.15, 0.2) is 48.5 Å². The normalized spacial score (nSPS) is 12.1. The van der Waals surface area contributed by atoms with E-state index in [2.05, 4.69) is 5.32 Å². The van der Waals surface area contributed by atoms with E-state index in [-0.39, 0.29) is 12.8 Å². The van der Waals surface area contributed by atoms with E-state index < -0.39 is 11.8 Å². The highest BCUT2D eigenvalue weighted by Crippen LogP contribution is 2.34. The number of nitrogens with one attached hydrogen (secondary N) is 1. The Kier molecular flexibility index (Phi) is 4.88. The molecule has 25 heavy (non-hydrogen) atoms. The Morgan fingerprint density at radius 2 is 1.80 bits per heavy atom. The molecule has 0 unspecified atom stereocenters. The quantitative estimate of drug-likeness (QED) is 0.869. The molecule has 0 saturated carbocycles. The van der Waals surface area contributed by atoms with E-state index in [4.69, 9.17) is 9.47 Å². The fourth-order valence-electron chi connectivity index (χ4n) is 2.56. The van der Waals surface area contributed by atoms with Gasteiger partial charge in [0.1, 0.15) is 0 Å². The van der Waals surface area contributed by atoms with Gasteiger partial charge in [-0.1, -0.05) is 30.3 Å². The molecule has 0 spiro atoms. The van der Waals surface area contributed by atoms with Gasteiger partial charge in [-0.25, -0.2) is 0 Å². The highest BCUT2D eigenvalue weighted by Gasteiger charge is 2.25. The SMILES string of the molecule is CC(C)N(Cc1ccccc1)C(=O)C(=O)Nc1ccc2c(c1)OCO2. The van der Waals surface area contributed by atoms with E-state index in [1.165, 1.54) is 4.90 Å². The Bertz CT molecular complexity index is 774. The van der Waals surface area contributed by atoms with Gasteiger partial charge in [-0.05, 0) is 31.5 Å². The number of amides is 2. The van der Waals surface area contributed by atoms with Crippen molar-refractivity contribution in [2.45, 2.75) is 26.4 Å². The van der Waals surface area contributed by atoms with Gasteiger partial charge in [0.2, 0.25) is 6.79 Å². The number of anilines is 1. The Morgan fingerprint density at radius 1 is 1.08 bits per heavy atom. The van der Waals surface area contributed by atoms with Crippen LogP contribution in [-0.4, -0.2) is 29.5 Å². The van der Waals surface area contributed by atoms with Crippen LogP contribution in [-0.2, 0) is 16.1 Å². The van der Waals surface area contributed by atoms with Gasteiger partial charge in [0.25, 0.3) is 0 Å². The number of nitrogens with zero attached hydrogens (tertiary/aromatic N) is 1. The summed E-state index contributed by atoms with van der Waals surface area (Å²) in [6.45, 7) is 4.30. The number of fused-ring (bicyclic) bond motifs is 1. The van der Waals surface area contributed by atoms with Gasteiger partial charge >= 0.3 is 11.8 Å². The molecule has 6 heteroatoms. The number of carbonyl (C=O) groups excluding carboxylic acids is 2. The number of hydrogen-bond acceptors (Lipinski definition) is 4. The fraction of sp³-hybridized carbons (Fsp3) is 0.263. The maximum atomic E-state index is 12.6. The van der Waals surface area contributed by atoms with Gasteiger partial charge in [0, 0.05) is 24.3 Å². The molecular weight excluding hydrogens is 320 g/mol. The number of hydrogen-bond donors (Lipinski definition) is 1. The molecule has 1 heterocycles. The number of carbonyl (C=O) groups is 2. The zero-order chi connectivity index (χ0) is 17.8. The monoisotopic (exact) mass is 340 g/mol. The van der Waals surface area contributed by atoms with Crippen molar-refractivity contribution in [3.05, 3.63) is 54.1 Å². The van der Waals surface area contributed by atoms with Crippen LogP contribution in [0.5, 0.6) is 11.5 Å². The Labute approximate surface area is 146 Å². The van der Waals surface area contributed by atoms with Gasteiger partial charge < -0.3 is 19.7 Å². The summed E-state index contributed by atoms with van der Waals surface area (Å²) in [6.07, 6.45) is 0. The minimum Gasteiger partial charge on any atom is -0.454 e. The first-order valence-corrected chi connectivity index (χ1v) is 8.10. The lowest BCUT2D eigenvalue weighted by Gasteiger charge is -2.26. The van der Waals surface area contributed by atoms with Crippen molar-refractivity contribution in [1.29, 1.82) is 0 Å². The second-order valence-electron chi connectivity index (χ2n) is 6.03. The molecule has 0 bridgehead atoms. The van der Waals surface area contributed by atoms with Crippen LogP contribution in [0.4, 0.5) is 5.69 Å². The molecular formula is C19H20N2O4. The Hall–Kier alpha value is -3.02. The molecule has 1 N–H and O–H groups in total. The smallest absolute Gasteiger partial charge is 0.313 e. The predicted octanol–water partition coefficient (Wildman–Crippen LogP) is 2.79. The topological polar surface area (TPSA) is 67.9 Å². The fourth-order valence-corrected chi connectivity index (χ4v) is 2.56. The van der Waals surface area contributed by atoms with E-state index in [1.54, 1.807) is 18.2 Å². The molecule has 0 fully saturated rings. The van der Waals surface area contributed by atoms with E-state index in [0.717, 1.165) is 5.56 Å². The van der Waals surface area contributed by atoms with Gasteiger partial charge in [0.15, 0.2) is 11.5 Å². The molecule has 1 aliphatic heterocycles. The molecule has 3 rings (SSSR count). The summed E-state index contributed by atoms with van der Waals surface area (Å²) in [4.78, 5) is 26.5.